The second kappa shape index (κ2) is 4.58. The topological polar surface area (TPSA) is 17.8 Å². The molecule has 18 heavy (non-hydrogen) atoms. The molecule has 1 aromatic heterocycles. The minimum Gasteiger partial charge on any atom is -0.324 e. The van der Waals surface area contributed by atoms with Crippen LogP contribution in [0, 0.1) is 12.3 Å². The van der Waals surface area contributed by atoms with Crippen molar-refractivity contribution in [1.82, 2.24) is 9.55 Å². The van der Waals surface area contributed by atoms with Crippen molar-refractivity contribution in [2.75, 3.05) is 0 Å². The molecule has 0 bridgehead atoms. The average Bonchev–Trinajstić information content (AvgIpc) is 2.64. The largest absolute Gasteiger partial charge is 0.324 e. The number of nitrogens with zero attached hydrogens (tertiary/aromatic N) is 2. The number of aryl methyl sites for hydroxylation is 1. The molecular formula is C15H21ClN2. The molecule has 2 aromatic rings. The van der Waals surface area contributed by atoms with Gasteiger partial charge in [0, 0.05) is 6.04 Å². The number of aromatic nitrogens is 2. The van der Waals surface area contributed by atoms with Crippen molar-refractivity contribution >= 4 is 22.6 Å². The average molecular weight is 265 g/mol. The zero-order chi connectivity index (χ0) is 13.5. The van der Waals surface area contributed by atoms with Gasteiger partial charge in [0.2, 0.25) is 0 Å². The van der Waals surface area contributed by atoms with E-state index in [4.69, 9.17) is 11.6 Å². The molecule has 1 unspecified atom stereocenters. The second-order valence-electron chi connectivity index (χ2n) is 6.07. The van der Waals surface area contributed by atoms with Crippen molar-refractivity contribution in [2.45, 2.75) is 46.5 Å². The minimum absolute atomic E-state index is 0.179. The van der Waals surface area contributed by atoms with E-state index in [1.165, 1.54) is 11.1 Å². The van der Waals surface area contributed by atoms with Gasteiger partial charge in [0.15, 0.2) is 0 Å². The molecule has 0 saturated carbocycles. The summed E-state index contributed by atoms with van der Waals surface area (Å²) >= 11 is 6.05. The van der Waals surface area contributed by atoms with Crippen molar-refractivity contribution in [3.05, 3.63) is 29.6 Å². The second-order valence-corrected chi connectivity index (χ2v) is 6.33. The van der Waals surface area contributed by atoms with Crippen LogP contribution in [0.3, 0.4) is 0 Å². The van der Waals surface area contributed by atoms with Crippen LogP contribution in [0.4, 0.5) is 0 Å². The maximum atomic E-state index is 6.05. The van der Waals surface area contributed by atoms with E-state index in [0.29, 0.717) is 11.9 Å². The van der Waals surface area contributed by atoms with Crippen LogP contribution in [0.5, 0.6) is 0 Å². The van der Waals surface area contributed by atoms with Crippen LogP contribution in [-0.2, 0) is 5.88 Å². The lowest BCUT2D eigenvalue weighted by Gasteiger charge is -2.30. The maximum absolute atomic E-state index is 6.05. The van der Waals surface area contributed by atoms with E-state index in [9.17, 15) is 0 Å². The van der Waals surface area contributed by atoms with E-state index in [0.717, 1.165) is 11.3 Å². The molecule has 1 aromatic carbocycles. The van der Waals surface area contributed by atoms with Gasteiger partial charge < -0.3 is 4.57 Å². The Morgan fingerprint density at radius 2 is 2.00 bits per heavy atom. The van der Waals surface area contributed by atoms with Gasteiger partial charge >= 0.3 is 0 Å². The molecule has 2 rings (SSSR count). The molecule has 2 nitrogen and oxygen atoms in total. The number of halogens is 1. The molecule has 0 amide bonds. The quantitative estimate of drug-likeness (QED) is 0.720. The Morgan fingerprint density at radius 1 is 1.33 bits per heavy atom. The molecule has 0 aliphatic carbocycles. The first kappa shape index (κ1) is 13.4. The van der Waals surface area contributed by atoms with Gasteiger partial charge in [-0.2, -0.15) is 0 Å². The predicted octanol–water partition coefficient (Wildman–Crippen LogP) is 4.69. The van der Waals surface area contributed by atoms with Crippen LogP contribution < -0.4 is 0 Å². The van der Waals surface area contributed by atoms with Gasteiger partial charge in [0.1, 0.15) is 5.82 Å². The molecular weight excluding hydrogens is 244 g/mol. The molecule has 0 aliphatic rings. The normalized spacial score (nSPS) is 14.1. The summed E-state index contributed by atoms with van der Waals surface area (Å²) in [6.07, 6.45) is 0. The number of fused-ring (bicyclic) bond motifs is 1. The Hall–Kier alpha value is -1.02. The van der Waals surface area contributed by atoms with E-state index in [2.05, 4.69) is 62.4 Å². The van der Waals surface area contributed by atoms with E-state index in [1.807, 2.05) is 0 Å². The fourth-order valence-corrected chi connectivity index (χ4v) is 2.36. The summed E-state index contributed by atoms with van der Waals surface area (Å²) in [5.74, 6) is 1.41. The molecule has 0 fully saturated rings. The summed E-state index contributed by atoms with van der Waals surface area (Å²) in [5.41, 5.74) is 3.66. The molecule has 0 aliphatic heterocycles. The van der Waals surface area contributed by atoms with Gasteiger partial charge in [0.25, 0.3) is 0 Å². The molecule has 0 N–H and O–H groups in total. The standard InChI is InChI=1S/C15H21ClN2/c1-10-6-7-12-13(8-10)18(14(9-16)17-12)11(2)15(3,4)5/h6-8,11H,9H2,1-5H3. The van der Waals surface area contributed by atoms with Crippen molar-refractivity contribution in [2.24, 2.45) is 5.41 Å². The number of benzene rings is 1. The third kappa shape index (κ3) is 2.26. The van der Waals surface area contributed by atoms with Crippen LogP contribution in [-0.4, -0.2) is 9.55 Å². The monoisotopic (exact) mass is 264 g/mol. The fourth-order valence-electron chi connectivity index (χ4n) is 2.17. The van der Waals surface area contributed by atoms with Crippen LogP contribution in [0.25, 0.3) is 11.0 Å². The van der Waals surface area contributed by atoms with Gasteiger partial charge in [-0.1, -0.05) is 26.8 Å². The molecule has 3 heteroatoms. The summed E-state index contributed by atoms with van der Waals surface area (Å²) in [6, 6.07) is 6.73. The number of imidazole rings is 1. The first-order chi connectivity index (χ1) is 8.34. The SMILES string of the molecule is Cc1ccc2nc(CCl)n(C(C)C(C)(C)C)c2c1. The summed E-state index contributed by atoms with van der Waals surface area (Å²) < 4.78 is 2.29. The lowest BCUT2D eigenvalue weighted by atomic mass is 9.87. The number of alkyl halides is 1. The van der Waals surface area contributed by atoms with E-state index in [-0.39, 0.29) is 5.41 Å². The molecule has 0 spiro atoms. The number of hydrogen-bond donors (Lipinski definition) is 0. The van der Waals surface area contributed by atoms with Crippen LogP contribution in [0.2, 0.25) is 0 Å². The van der Waals surface area contributed by atoms with E-state index >= 15 is 0 Å². The van der Waals surface area contributed by atoms with E-state index < -0.39 is 0 Å². The maximum Gasteiger partial charge on any atom is 0.125 e. The first-order valence-corrected chi connectivity index (χ1v) is 6.91. The van der Waals surface area contributed by atoms with Crippen LogP contribution in [0.15, 0.2) is 18.2 Å². The molecule has 0 saturated heterocycles. The van der Waals surface area contributed by atoms with Gasteiger partial charge in [-0.15, -0.1) is 11.6 Å². The van der Waals surface area contributed by atoms with Crippen molar-refractivity contribution in [3.63, 3.8) is 0 Å². The predicted molar refractivity (Wildman–Crippen MR) is 78.2 cm³/mol. The van der Waals surface area contributed by atoms with Crippen molar-refractivity contribution in [1.29, 1.82) is 0 Å². The van der Waals surface area contributed by atoms with E-state index in [1.54, 1.807) is 0 Å². The van der Waals surface area contributed by atoms with Gasteiger partial charge in [-0.3, -0.25) is 0 Å². The first-order valence-electron chi connectivity index (χ1n) is 6.38. The summed E-state index contributed by atoms with van der Waals surface area (Å²) in [5, 5.41) is 0. The molecule has 1 heterocycles. The Morgan fingerprint density at radius 3 is 2.56 bits per heavy atom. The Kier molecular flexibility index (Phi) is 3.41. The fraction of sp³-hybridized carbons (Fsp3) is 0.533. The van der Waals surface area contributed by atoms with Gasteiger partial charge in [0.05, 0.1) is 16.9 Å². The van der Waals surface area contributed by atoms with Crippen LogP contribution in [0.1, 0.15) is 45.1 Å². The molecule has 0 radical (unpaired) electrons. The zero-order valence-corrected chi connectivity index (χ0v) is 12.5. The molecule has 98 valence electrons. The highest BCUT2D eigenvalue weighted by molar-refractivity contribution is 6.16. The van der Waals surface area contributed by atoms with Gasteiger partial charge in [-0.05, 0) is 37.0 Å². The van der Waals surface area contributed by atoms with Crippen LogP contribution >= 0.6 is 11.6 Å². The summed E-state index contributed by atoms with van der Waals surface area (Å²) in [6.45, 7) is 11.1. The highest BCUT2D eigenvalue weighted by Crippen LogP contribution is 2.34. The third-order valence-corrected chi connectivity index (χ3v) is 3.92. The Labute approximate surface area is 114 Å². The number of hydrogen-bond acceptors (Lipinski definition) is 1. The summed E-state index contributed by atoms with van der Waals surface area (Å²) in [4.78, 5) is 4.64. The number of rotatable bonds is 2. The minimum atomic E-state index is 0.179. The highest BCUT2D eigenvalue weighted by Gasteiger charge is 2.25. The third-order valence-electron chi connectivity index (χ3n) is 3.68. The highest BCUT2D eigenvalue weighted by atomic mass is 35.5. The smallest absolute Gasteiger partial charge is 0.125 e. The van der Waals surface area contributed by atoms with Crippen molar-refractivity contribution < 1.29 is 0 Å². The Bertz CT molecular complexity index is 564. The zero-order valence-electron chi connectivity index (χ0n) is 11.8. The lowest BCUT2D eigenvalue weighted by Crippen LogP contribution is -2.23. The summed E-state index contributed by atoms with van der Waals surface area (Å²) in [7, 11) is 0. The Balaban J connectivity index is 2.70. The van der Waals surface area contributed by atoms with Gasteiger partial charge in [-0.25, -0.2) is 4.98 Å². The lowest BCUT2D eigenvalue weighted by molar-refractivity contribution is 0.264. The van der Waals surface area contributed by atoms with Crippen molar-refractivity contribution in [3.8, 4) is 0 Å². The molecule has 1 atom stereocenters.